The number of carbonyl (C=O) groups excluding carboxylic acids is 2. The first-order valence-corrected chi connectivity index (χ1v) is 8.37. The van der Waals surface area contributed by atoms with Gasteiger partial charge in [-0.05, 0) is 57.7 Å². The second-order valence-electron chi connectivity index (χ2n) is 3.78. The van der Waals surface area contributed by atoms with Gasteiger partial charge in [0.05, 0.1) is 4.47 Å². The topological polar surface area (TPSA) is 55.7 Å². The van der Waals surface area contributed by atoms with Crippen molar-refractivity contribution in [2.45, 2.75) is 6.92 Å². The lowest BCUT2D eigenvalue weighted by atomic mass is 10.2. The van der Waals surface area contributed by atoms with Gasteiger partial charge in [-0.1, -0.05) is 6.07 Å². The van der Waals surface area contributed by atoms with Gasteiger partial charge in [-0.15, -0.1) is 11.8 Å². The molecule has 0 N–H and O–H groups in total. The van der Waals surface area contributed by atoms with E-state index in [1.807, 2.05) is 6.26 Å². The summed E-state index contributed by atoms with van der Waals surface area (Å²) in [5.74, 6) is 0.0634. The number of hydrogen-bond acceptors (Lipinski definition) is 6. The molecule has 2 rings (SSSR count). The van der Waals surface area contributed by atoms with E-state index < -0.39 is 0 Å². The number of nitrogens with zero attached hydrogens (tertiary/aromatic N) is 1. The summed E-state index contributed by atoms with van der Waals surface area (Å²) in [4.78, 5) is 26.9. The Kier molecular flexibility index (Phi) is 5.06. The van der Waals surface area contributed by atoms with Gasteiger partial charge in [0.15, 0.2) is 0 Å². The average Bonchev–Trinajstić information content (AvgIpc) is 2.73. The second kappa shape index (κ2) is 6.60. The molecule has 0 saturated heterocycles. The largest absolute Gasteiger partial charge is 0.426 e. The number of esters is 1. The Balaban J connectivity index is 2.27. The Bertz CT molecular complexity index is 641. The predicted octanol–water partition coefficient (Wildman–Crippen LogP) is 3.71. The Morgan fingerprint density at radius 1 is 1.50 bits per heavy atom. The van der Waals surface area contributed by atoms with Crippen molar-refractivity contribution in [2.24, 2.45) is 4.99 Å². The molecule has 1 heterocycles. The third-order valence-corrected chi connectivity index (χ3v) is 4.76. The highest BCUT2D eigenvalue weighted by molar-refractivity contribution is 9.10. The van der Waals surface area contributed by atoms with Crippen LogP contribution >= 0.6 is 39.5 Å². The number of ether oxygens (including phenoxy) is 1. The van der Waals surface area contributed by atoms with Crippen LogP contribution in [0.5, 0.6) is 5.75 Å². The van der Waals surface area contributed by atoms with E-state index in [0.717, 1.165) is 21.7 Å². The lowest BCUT2D eigenvalue weighted by Gasteiger charge is -2.04. The van der Waals surface area contributed by atoms with E-state index in [4.69, 9.17) is 4.74 Å². The maximum atomic E-state index is 11.7. The number of thioether (sulfide) groups is 2. The van der Waals surface area contributed by atoms with E-state index in [9.17, 15) is 9.59 Å². The van der Waals surface area contributed by atoms with E-state index in [2.05, 4.69) is 20.9 Å². The van der Waals surface area contributed by atoms with Gasteiger partial charge in [-0.25, -0.2) is 4.99 Å². The molecule has 1 aliphatic rings. The Hall–Kier alpha value is -1.05. The lowest BCUT2D eigenvalue weighted by Crippen LogP contribution is -2.01. The number of hydrogen-bond donors (Lipinski definition) is 0. The maximum absolute atomic E-state index is 11.7. The van der Waals surface area contributed by atoms with Gasteiger partial charge in [0, 0.05) is 6.92 Å². The number of aliphatic imine (C=N–C) groups is 1. The van der Waals surface area contributed by atoms with Gasteiger partial charge >= 0.3 is 5.97 Å². The summed E-state index contributed by atoms with van der Waals surface area (Å²) >= 11 is 5.91. The standard InChI is InChI=1S/C13H10BrNO3S2/c1-7(16)18-11-4-3-8(5-9(11)14)6-10-12(17)20-13(15-10)19-2/h3-6H,1-2H3/b10-6-. The van der Waals surface area contributed by atoms with Crippen molar-refractivity contribution in [1.29, 1.82) is 0 Å². The van der Waals surface area contributed by atoms with E-state index in [-0.39, 0.29) is 11.1 Å². The summed E-state index contributed by atoms with van der Waals surface area (Å²) in [7, 11) is 0. The van der Waals surface area contributed by atoms with Crippen LogP contribution in [-0.2, 0) is 9.59 Å². The van der Waals surface area contributed by atoms with Crippen molar-refractivity contribution < 1.29 is 14.3 Å². The molecule has 0 fully saturated rings. The first kappa shape index (κ1) is 15.3. The number of benzene rings is 1. The molecule has 1 aliphatic heterocycles. The fraction of sp³-hybridized carbons (Fsp3) is 0.154. The zero-order valence-corrected chi connectivity index (χ0v) is 13.9. The molecule has 104 valence electrons. The number of rotatable bonds is 2. The summed E-state index contributed by atoms with van der Waals surface area (Å²) in [6.45, 7) is 1.34. The van der Waals surface area contributed by atoms with Crippen molar-refractivity contribution in [1.82, 2.24) is 0 Å². The number of carbonyl (C=O) groups is 2. The van der Waals surface area contributed by atoms with Crippen molar-refractivity contribution in [3.8, 4) is 5.75 Å². The minimum absolute atomic E-state index is 0.0606. The van der Waals surface area contributed by atoms with Crippen LogP contribution in [0.3, 0.4) is 0 Å². The molecular weight excluding hydrogens is 362 g/mol. The summed E-state index contributed by atoms with van der Waals surface area (Å²) in [6.07, 6.45) is 3.59. The van der Waals surface area contributed by atoms with Gasteiger partial charge in [-0.2, -0.15) is 0 Å². The van der Waals surface area contributed by atoms with Crippen LogP contribution in [0, 0.1) is 0 Å². The zero-order chi connectivity index (χ0) is 14.7. The fourth-order valence-electron chi connectivity index (χ4n) is 1.48. The molecular formula is C13H10BrNO3S2. The normalized spacial score (nSPS) is 16.4. The molecule has 1 aromatic carbocycles. The third kappa shape index (κ3) is 3.74. The molecule has 0 bridgehead atoms. The quantitative estimate of drug-likeness (QED) is 0.450. The average molecular weight is 372 g/mol. The van der Waals surface area contributed by atoms with Crippen LogP contribution in [0.1, 0.15) is 12.5 Å². The Labute approximate surface area is 133 Å². The first-order valence-electron chi connectivity index (χ1n) is 5.54. The smallest absolute Gasteiger partial charge is 0.308 e. The SMILES string of the molecule is CSC1=N/C(=C\c2ccc(OC(C)=O)c(Br)c2)C(=O)S1. The van der Waals surface area contributed by atoms with Crippen molar-refractivity contribution in [3.63, 3.8) is 0 Å². The molecule has 0 amide bonds. The van der Waals surface area contributed by atoms with Crippen molar-refractivity contribution in [2.75, 3.05) is 6.26 Å². The van der Waals surface area contributed by atoms with Crippen LogP contribution in [0.15, 0.2) is 33.4 Å². The molecule has 0 atom stereocenters. The van der Waals surface area contributed by atoms with Gasteiger partial charge < -0.3 is 4.74 Å². The Morgan fingerprint density at radius 2 is 2.25 bits per heavy atom. The van der Waals surface area contributed by atoms with Gasteiger partial charge in [-0.3, -0.25) is 9.59 Å². The highest BCUT2D eigenvalue weighted by atomic mass is 79.9. The molecule has 1 aromatic rings. The third-order valence-electron chi connectivity index (χ3n) is 2.29. The van der Waals surface area contributed by atoms with Crippen molar-refractivity contribution >= 4 is 61.0 Å². The number of halogens is 1. The van der Waals surface area contributed by atoms with Crippen molar-refractivity contribution in [3.05, 3.63) is 33.9 Å². The first-order chi connectivity index (χ1) is 9.49. The second-order valence-corrected chi connectivity index (χ2v) is 6.65. The molecule has 0 spiro atoms. The van der Waals surface area contributed by atoms with Crippen LogP contribution in [0.25, 0.3) is 6.08 Å². The van der Waals surface area contributed by atoms with E-state index >= 15 is 0 Å². The Morgan fingerprint density at radius 3 is 2.80 bits per heavy atom. The molecule has 4 nitrogen and oxygen atoms in total. The maximum Gasteiger partial charge on any atom is 0.308 e. The van der Waals surface area contributed by atoms with E-state index in [1.54, 1.807) is 24.3 Å². The minimum atomic E-state index is -0.381. The van der Waals surface area contributed by atoms with Crippen LogP contribution < -0.4 is 4.74 Å². The monoisotopic (exact) mass is 371 g/mol. The summed E-state index contributed by atoms with van der Waals surface area (Å²) in [5.41, 5.74) is 1.23. The molecule has 20 heavy (non-hydrogen) atoms. The minimum Gasteiger partial charge on any atom is -0.426 e. The van der Waals surface area contributed by atoms with Crippen LogP contribution in [0.4, 0.5) is 0 Å². The van der Waals surface area contributed by atoms with E-state index in [0.29, 0.717) is 15.9 Å². The van der Waals surface area contributed by atoms with Gasteiger partial charge in [0.2, 0.25) is 5.12 Å². The molecule has 0 radical (unpaired) electrons. The molecule has 0 aromatic heterocycles. The fourth-order valence-corrected chi connectivity index (χ4v) is 3.22. The molecule has 0 saturated carbocycles. The van der Waals surface area contributed by atoms with Crippen LogP contribution in [0.2, 0.25) is 0 Å². The van der Waals surface area contributed by atoms with E-state index in [1.165, 1.54) is 18.7 Å². The molecule has 0 unspecified atom stereocenters. The van der Waals surface area contributed by atoms with Crippen LogP contribution in [-0.4, -0.2) is 21.7 Å². The lowest BCUT2D eigenvalue weighted by molar-refractivity contribution is -0.131. The summed E-state index contributed by atoms with van der Waals surface area (Å²) in [6, 6.07) is 5.21. The molecule has 7 heteroatoms. The molecule has 0 aliphatic carbocycles. The summed E-state index contributed by atoms with van der Waals surface area (Å²) < 4.78 is 6.41. The zero-order valence-electron chi connectivity index (χ0n) is 10.7. The highest BCUT2D eigenvalue weighted by Gasteiger charge is 2.21. The van der Waals surface area contributed by atoms with Gasteiger partial charge in [0.25, 0.3) is 0 Å². The van der Waals surface area contributed by atoms with Gasteiger partial charge in [0.1, 0.15) is 15.8 Å². The summed E-state index contributed by atoms with van der Waals surface area (Å²) in [5, 5.41) is -0.0606. The highest BCUT2D eigenvalue weighted by Crippen LogP contribution is 2.31. The predicted molar refractivity (Wildman–Crippen MR) is 87.0 cm³/mol.